The number of hydrogen-bond donors (Lipinski definition) is 1. The second kappa shape index (κ2) is 7.88. The molecule has 3 fully saturated rings. The summed E-state index contributed by atoms with van der Waals surface area (Å²) in [4.78, 5) is 27.5. The van der Waals surface area contributed by atoms with E-state index in [0.29, 0.717) is 5.92 Å². The normalized spacial score (nSPS) is 46.9. The van der Waals surface area contributed by atoms with Crippen LogP contribution in [-0.4, -0.2) is 31.8 Å². The van der Waals surface area contributed by atoms with E-state index in [1.807, 2.05) is 26.0 Å². The number of nitrogens with one attached hydrogen (secondary N) is 1. The molecule has 37 heavy (non-hydrogen) atoms. The van der Waals surface area contributed by atoms with Crippen LogP contribution in [0.15, 0.2) is 23.3 Å². The predicted octanol–water partition coefficient (Wildman–Crippen LogP) is 5.12. The average Bonchev–Trinajstić information content (AvgIpc) is 2.78. The molecular weight excluding hydrogens is 484 g/mol. The number of nitriles is 1. The molecule has 1 N–H and O–H groups in total. The van der Waals surface area contributed by atoms with Crippen molar-refractivity contribution in [1.82, 2.24) is 4.72 Å². The van der Waals surface area contributed by atoms with Gasteiger partial charge in [-0.2, -0.15) is 5.26 Å². The minimum absolute atomic E-state index is 0.0150. The van der Waals surface area contributed by atoms with Gasteiger partial charge >= 0.3 is 0 Å². The Morgan fingerprint density at radius 2 is 1.70 bits per heavy atom. The van der Waals surface area contributed by atoms with Crippen LogP contribution in [0.2, 0.25) is 0 Å². The van der Waals surface area contributed by atoms with Gasteiger partial charge in [-0.1, -0.05) is 53.2 Å². The van der Waals surface area contributed by atoms with Crippen LogP contribution < -0.4 is 4.72 Å². The molecule has 202 valence electrons. The summed E-state index contributed by atoms with van der Waals surface area (Å²) in [6.45, 7) is 12.8. The van der Waals surface area contributed by atoms with Crippen molar-refractivity contribution in [3.05, 3.63) is 23.3 Å². The fraction of sp³-hybridized carbons (Fsp3) is 0.767. The number of allylic oxidation sites excluding steroid dienone is 4. The molecule has 3 saturated carbocycles. The van der Waals surface area contributed by atoms with Gasteiger partial charge in [0.25, 0.3) is 0 Å². The second-order valence-corrected chi connectivity index (χ2v) is 16.0. The molecule has 0 radical (unpaired) electrons. The first-order valence-electron chi connectivity index (χ1n) is 13.9. The molecule has 5 rings (SSSR count). The standard InChI is InChI=1S/C30H42N2O4S/c1-18-8-11-30(32-37(7,35)36)13-12-29(6)24(20(30)14-18)21(33)15-23-27(4)16-19(17-31)25(34)26(2,3)22(27)9-10-28(23,29)5/h15-16,18,20,22,24,32H,8-14H2,1-7H3/t18-,20?,22-,24?,27-,28+,29+,30-/m0/s1. The van der Waals surface area contributed by atoms with Crippen LogP contribution in [0.25, 0.3) is 0 Å². The van der Waals surface area contributed by atoms with E-state index >= 15 is 0 Å². The molecule has 5 aliphatic rings. The van der Waals surface area contributed by atoms with Crippen LogP contribution in [0, 0.1) is 56.7 Å². The number of fused-ring (bicyclic) bond motifs is 7. The summed E-state index contributed by atoms with van der Waals surface area (Å²) < 4.78 is 28.1. The van der Waals surface area contributed by atoms with Gasteiger partial charge in [-0.15, -0.1) is 0 Å². The van der Waals surface area contributed by atoms with E-state index in [-0.39, 0.29) is 45.7 Å². The average molecular weight is 527 g/mol. The quantitative estimate of drug-likeness (QED) is 0.538. The lowest BCUT2D eigenvalue weighted by molar-refractivity contribution is -0.157. The molecule has 0 aliphatic heterocycles. The van der Waals surface area contributed by atoms with Crippen molar-refractivity contribution in [2.45, 2.75) is 92.0 Å². The zero-order valence-corrected chi connectivity index (χ0v) is 24.2. The van der Waals surface area contributed by atoms with E-state index in [9.17, 15) is 23.3 Å². The third-order valence-electron chi connectivity index (χ3n) is 12.0. The highest BCUT2D eigenvalue weighted by Gasteiger charge is 2.69. The molecule has 0 aromatic carbocycles. The number of nitrogens with zero attached hydrogens (tertiary/aromatic N) is 1. The highest BCUT2D eigenvalue weighted by atomic mass is 32.2. The molecule has 0 aromatic heterocycles. The van der Waals surface area contributed by atoms with Crippen molar-refractivity contribution in [3.8, 4) is 6.07 Å². The van der Waals surface area contributed by atoms with Crippen molar-refractivity contribution in [1.29, 1.82) is 5.26 Å². The Bertz CT molecular complexity index is 1290. The Labute approximate surface area is 222 Å². The third-order valence-corrected chi connectivity index (χ3v) is 12.7. The van der Waals surface area contributed by atoms with Crippen molar-refractivity contribution in [3.63, 3.8) is 0 Å². The number of carbonyl (C=O) groups excluding carboxylic acids is 2. The van der Waals surface area contributed by atoms with Gasteiger partial charge in [0.2, 0.25) is 10.0 Å². The van der Waals surface area contributed by atoms with E-state index in [4.69, 9.17) is 0 Å². The zero-order chi connectivity index (χ0) is 27.4. The zero-order valence-electron chi connectivity index (χ0n) is 23.4. The van der Waals surface area contributed by atoms with Gasteiger partial charge in [-0.05, 0) is 79.6 Å². The lowest BCUT2D eigenvalue weighted by Gasteiger charge is -2.68. The van der Waals surface area contributed by atoms with Crippen LogP contribution in [-0.2, 0) is 19.6 Å². The first-order chi connectivity index (χ1) is 17.0. The number of carbonyl (C=O) groups is 2. The number of hydrogen-bond acceptors (Lipinski definition) is 5. The topological polar surface area (TPSA) is 104 Å². The first-order valence-corrected chi connectivity index (χ1v) is 15.8. The monoisotopic (exact) mass is 526 g/mol. The molecule has 0 amide bonds. The molecule has 7 heteroatoms. The summed E-state index contributed by atoms with van der Waals surface area (Å²) in [6.07, 6.45) is 10.8. The van der Waals surface area contributed by atoms with Crippen LogP contribution in [0.3, 0.4) is 0 Å². The summed E-state index contributed by atoms with van der Waals surface area (Å²) in [7, 11) is -3.43. The van der Waals surface area contributed by atoms with Crippen LogP contribution in [0.4, 0.5) is 0 Å². The summed E-state index contributed by atoms with van der Waals surface area (Å²) in [5.41, 5.74) is -1.16. The number of Topliss-reactive ketones (excluding diaryl/α,β-unsaturated/α-hetero) is 1. The summed E-state index contributed by atoms with van der Waals surface area (Å²) in [5.74, 6) is 0.139. The minimum atomic E-state index is -3.43. The maximum atomic E-state index is 14.3. The Morgan fingerprint density at radius 1 is 1.03 bits per heavy atom. The largest absolute Gasteiger partial charge is 0.295 e. The molecule has 0 spiro atoms. The lowest BCUT2D eigenvalue weighted by atomic mass is 9.35. The lowest BCUT2D eigenvalue weighted by Crippen LogP contribution is -2.69. The predicted molar refractivity (Wildman–Crippen MR) is 143 cm³/mol. The van der Waals surface area contributed by atoms with Crippen molar-refractivity contribution in [2.24, 2.45) is 45.3 Å². The van der Waals surface area contributed by atoms with Gasteiger partial charge in [0, 0.05) is 22.3 Å². The Kier molecular flexibility index (Phi) is 5.71. The summed E-state index contributed by atoms with van der Waals surface area (Å²) in [6, 6.07) is 2.16. The summed E-state index contributed by atoms with van der Waals surface area (Å²) in [5, 5.41) is 9.84. The van der Waals surface area contributed by atoms with E-state index in [1.165, 1.54) is 6.26 Å². The van der Waals surface area contributed by atoms with Gasteiger partial charge < -0.3 is 0 Å². The van der Waals surface area contributed by atoms with Crippen LogP contribution in [0.1, 0.15) is 86.5 Å². The molecule has 6 nitrogen and oxygen atoms in total. The maximum absolute atomic E-state index is 14.3. The highest BCUT2D eigenvalue weighted by molar-refractivity contribution is 7.88. The number of ketones is 2. The second-order valence-electron chi connectivity index (χ2n) is 14.3. The molecule has 5 aliphatic carbocycles. The van der Waals surface area contributed by atoms with E-state index < -0.39 is 26.4 Å². The van der Waals surface area contributed by atoms with Crippen molar-refractivity contribution in [2.75, 3.05) is 6.26 Å². The van der Waals surface area contributed by atoms with Gasteiger partial charge in [0.05, 0.1) is 11.8 Å². The molecular formula is C30H42N2O4S. The molecule has 0 aromatic rings. The number of rotatable bonds is 2. The molecule has 0 bridgehead atoms. The molecule has 2 unspecified atom stereocenters. The van der Waals surface area contributed by atoms with Gasteiger partial charge in [0.1, 0.15) is 6.07 Å². The van der Waals surface area contributed by atoms with Crippen LogP contribution in [0.5, 0.6) is 0 Å². The van der Waals surface area contributed by atoms with Gasteiger partial charge in [-0.3, -0.25) is 9.59 Å². The van der Waals surface area contributed by atoms with Crippen molar-refractivity contribution >= 4 is 21.6 Å². The Hall–Kier alpha value is -1.78. The van der Waals surface area contributed by atoms with Crippen molar-refractivity contribution < 1.29 is 18.0 Å². The van der Waals surface area contributed by atoms with E-state index in [1.54, 1.807) is 0 Å². The Morgan fingerprint density at radius 3 is 2.32 bits per heavy atom. The maximum Gasteiger partial charge on any atom is 0.209 e. The fourth-order valence-corrected chi connectivity index (χ4v) is 11.1. The Balaban J connectivity index is 1.69. The fourth-order valence-electron chi connectivity index (χ4n) is 10.0. The third kappa shape index (κ3) is 3.47. The van der Waals surface area contributed by atoms with E-state index in [0.717, 1.165) is 50.5 Å². The molecule has 0 saturated heterocycles. The number of sulfonamides is 1. The minimum Gasteiger partial charge on any atom is -0.295 e. The van der Waals surface area contributed by atoms with Gasteiger partial charge in [0.15, 0.2) is 11.6 Å². The summed E-state index contributed by atoms with van der Waals surface area (Å²) >= 11 is 0. The van der Waals surface area contributed by atoms with Crippen LogP contribution >= 0.6 is 0 Å². The van der Waals surface area contributed by atoms with Gasteiger partial charge in [-0.25, -0.2) is 13.1 Å². The molecule has 8 atom stereocenters. The van der Waals surface area contributed by atoms with E-state index in [2.05, 4.69) is 38.5 Å². The smallest absolute Gasteiger partial charge is 0.209 e. The SMILES string of the molecule is C[C@H]1CC[C@]2(NS(C)(=O)=O)CC[C@]3(C)C(C(=O)C=C4[C@@]5(C)C=C(C#N)C(=O)C(C)(C)[C@@H]5CC[C@]43C)C2C1. The first kappa shape index (κ1) is 26.8. The molecule has 0 heterocycles. The highest BCUT2D eigenvalue weighted by Crippen LogP contribution is 2.73.